The third-order valence-corrected chi connectivity index (χ3v) is 5.66. The van der Waals surface area contributed by atoms with Crippen LogP contribution in [0, 0.1) is 17.8 Å². The topological polar surface area (TPSA) is 41.5 Å². The van der Waals surface area contributed by atoms with Crippen molar-refractivity contribution < 1.29 is 9.84 Å². The van der Waals surface area contributed by atoms with Gasteiger partial charge in [-0.2, -0.15) is 0 Å². The van der Waals surface area contributed by atoms with Crippen LogP contribution in [0.25, 0.3) is 0 Å². The fraction of sp³-hybridized carbons (Fsp3) is 0.750. The van der Waals surface area contributed by atoms with E-state index < -0.39 is 6.10 Å². The number of rotatable bonds is 8. The van der Waals surface area contributed by atoms with E-state index in [0.717, 1.165) is 24.3 Å². The van der Waals surface area contributed by atoms with Gasteiger partial charge in [-0.3, -0.25) is 0 Å². The van der Waals surface area contributed by atoms with Gasteiger partial charge in [-0.05, 0) is 55.0 Å². The number of nitrogens with one attached hydrogen (secondary N) is 1. The van der Waals surface area contributed by atoms with Gasteiger partial charge in [0.2, 0.25) is 0 Å². The monoisotopic (exact) mass is 295 g/mol. The molecule has 4 atom stereocenters. The fourth-order valence-corrected chi connectivity index (χ4v) is 4.45. The van der Waals surface area contributed by atoms with E-state index >= 15 is 0 Å². The summed E-state index contributed by atoms with van der Waals surface area (Å²) < 4.78 is 5.53. The highest BCUT2D eigenvalue weighted by Crippen LogP contribution is 2.47. The summed E-state index contributed by atoms with van der Waals surface area (Å²) in [5.41, 5.74) is 0. The third kappa shape index (κ3) is 3.82. The molecular weight excluding hydrogens is 270 g/mol. The van der Waals surface area contributed by atoms with Gasteiger partial charge in [0.1, 0.15) is 0 Å². The Morgan fingerprint density at radius 2 is 2.35 bits per heavy atom. The Morgan fingerprint density at radius 3 is 3.05 bits per heavy atom. The van der Waals surface area contributed by atoms with Crippen molar-refractivity contribution in [2.45, 2.75) is 38.4 Å². The molecule has 0 spiro atoms. The number of fused-ring (bicyclic) bond motifs is 2. The molecule has 1 aromatic heterocycles. The Morgan fingerprint density at radius 1 is 1.40 bits per heavy atom. The fourth-order valence-electron chi connectivity index (χ4n) is 3.81. The minimum absolute atomic E-state index is 0.395. The molecule has 2 fully saturated rings. The summed E-state index contributed by atoms with van der Waals surface area (Å²) in [6, 6.07) is 4.08. The highest BCUT2D eigenvalue weighted by molar-refractivity contribution is 7.09. The van der Waals surface area contributed by atoms with E-state index in [1.165, 1.54) is 30.6 Å². The van der Waals surface area contributed by atoms with Crippen molar-refractivity contribution in [3.8, 4) is 0 Å². The average Bonchev–Trinajstić information content (AvgIpc) is 3.16. The zero-order valence-electron chi connectivity index (χ0n) is 12.0. The maximum absolute atomic E-state index is 9.90. The molecule has 3 rings (SSSR count). The minimum atomic E-state index is -0.395. The molecule has 1 heterocycles. The highest BCUT2D eigenvalue weighted by atomic mass is 32.1. The summed E-state index contributed by atoms with van der Waals surface area (Å²) in [5.74, 6) is 2.82. The second-order valence-electron chi connectivity index (χ2n) is 6.34. The Kier molecular flexibility index (Phi) is 5.10. The lowest BCUT2D eigenvalue weighted by molar-refractivity contribution is 0.0292. The Hall–Kier alpha value is -0.420. The molecule has 0 aromatic carbocycles. The Balaban J connectivity index is 1.25. The van der Waals surface area contributed by atoms with E-state index in [1.54, 1.807) is 11.3 Å². The van der Waals surface area contributed by atoms with Crippen molar-refractivity contribution in [2.24, 2.45) is 17.8 Å². The van der Waals surface area contributed by atoms with Crippen molar-refractivity contribution in [2.75, 3.05) is 19.7 Å². The van der Waals surface area contributed by atoms with E-state index in [-0.39, 0.29) is 0 Å². The SMILES string of the molecule is OC(CNCC1CC2CCC1C2)COCc1cccs1. The first-order valence-corrected chi connectivity index (χ1v) is 8.68. The summed E-state index contributed by atoms with van der Waals surface area (Å²) >= 11 is 1.69. The zero-order chi connectivity index (χ0) is 13.8. The van der Waals surface area contributed by atoms with E-state index in [4.69, 9.17) is 4.74 Å². The lowest BCUT2D eigenvalue weighted by Crippen LogP contribution is -2.34. The van der Waals surface area contributed by atoms with Gasteiger partial charge in [0, 0.05) is 11.4 Å². The summed E-state index contributed by atoms with van der Waals surface area (Å²) in [5, 5.41) is 15.4. The van der Waals surface area contributed by atoms with Crippen LogP contribution in [-0.2, 0) is 11.3 Å². The molecule has 112 valence electrons. The predicted octanol–water partition coefficient (Wildman–Crippen LogP) is 2.65. The predicted molar refractivity (Wildman–Crippen MR) is 81.8 cm³/mol. The Bertz CT molecular complexity index is 395. The van der Waals surface area contributed by atoms with Crippen LogP contribution in [0.1, 0.15) is 30.6 Å². The average molecular weight is 295 g/mol. The maximum Gasteiger partial charge on any atom is 0.0897 e. The quantitative estimate of drug-likeness (QED) is 0.775. The van der Waals surface area contributed by atoms with Gasteiger partial charge in [0.25, 0.3) is 0 Å². The van der Waals surface area contributed by atoms with Crippen LogP contribution in [0.2, 0.25) is 0 Å². The molecule has 0 aliphatic heterocycles. The molecule has 1 aromatic rings. The van der Waals surface area contributed by atoms with E-state index in [1.807, 2.05) is 11.4 Å². The normalized spacial score (nSPS) is 29.9. The lowest BCUT2D eigenvalue weighted by atomic mass is 9.89. The minimum Gasteiger partial charge on any atom is -0.389 e. The van der Waals surface area contributed by atoms with Gasteiger partial charge in [0.15, 0.2) is 0 Å². The Labute approximate surface area is 125 Å². The molecule has 2 aliphatic carbocycles. The van der Waals surface area contributed by atoms with Gasteiger partial charge in [-0.25, -0.2) is 0 Å². The van der Waals surface area contributed by atoms with Crippen LogP contribution < -0.4 is 5.32 Å². The summed E-state index contributed by atoms with van der Waals surface area (Å²) in [6.07, 6.45) is 5.36. The molecule has 0 saturated heterocycles. The first kappa shape index (κ1) is 14.5. The van der Waals surface area contributed by atoms with Crippen LogP contribution in [0.3, 0.4) is 0 Å². The molecule has 0 radical (unpaired) electrons. The smallest absolute Gasteiger partial charge is 0.0897 e. The lowest BCUT2D eigenvalue weighted by Gasteiger charge is -2.22. The van der Waals surface area contributed by atoms with Crippen molar-refractivity contribution >= 4 is 11.3 Å². The largest absolute Gasteiger partial charge is 0.389 e. The molecule has 3 nitrogen and oxygen atoms in total. The highest BCUT2D eigenvalue weighted by Gasteiger charge is 2.38. The van der Waals surface area contributed by atoms with Crippen molar-refractivity contribution in [3.63, 3.8) is 0 Å². The van der Waals surface area contributed by atoms with E-state index in [9.17, 15) is 5.11 Å². The van der Waals surface area contributed by atoms with Gasteiger partial charge in [-0.15, -0.1) is 11.3 Å². The van der Waals surface area contributed by atoms with Crippen molar-refractivity contribution in [3.05, 3.63) is 22.4 Å². The van der Waals surface area contributed by atoms with Crippen LogP contribution >= 0.6 is 11.3 Å². The molecular formula is C16H25NO2S. The molecule has 20 heavy (non-hydrogen) atoms. The molecule has 2 N–H and O–H groups in total. The standard InChI is InChI=1S/C16H25NO2S/c18-15(10-19-11-16-2-1-5-20-16)9-17-8-14-7-12-3-4-13(14)6-12/h1-2,5,12-15,17-18H,3-4,6-11H2. The number of thiophene rings is 1. The number of ether oxygens (including phenoxy) is 1. The van der Waals surface area contributed by atoms with Gasteiger partial charge in [-0.1, -0.05) is 12.5 Å². The zero-order valence-corrected chi connectivity index (χ0v) is 12.8. The number of aliphatic hydroxyl groups excluding tert-OH is 1. The van der Waals surface area contributed by atoms with Crippen molar-refractivity contribution in [1.82, 2.24) is 5.32 Å². The summed E-state index contributed by atoms with van der Waals surface area (Å²) in [4.78, 5) is 1.21. The first-order valence-electron chi connectivity index (χ1n) is 7.80. The molecule has 2 saturated carbocycles. The molecule has 2 aliphatic rings. The van der Waals surface area contributed by atoms with Crippen LogP contribution in [0.15, 0.2) is 17.5 Å². The third-order valence-electron chi connectivity index (χ3n) is 4.81. The summed E-state index contributed by atoms with van der Waals surface area (Å²) in [7, 11) is 0. The number of hydrogen-bond donors (Lipinski definition) is 2. The second-order valence-corrected chi connectivity index (χ2v) is 7.37. The second kappa shape index (κ2) is 7.03. The van der Waals surface area contributed by atoms with E-state index in [2.05, 4.69) is 11.4 Å². The van der Waals surface area contributed by atoms with Crippen LogP contribution in [-0.4, -0.2) is 30.9 Å². The van der Waals surface area contributed by atoms with Crippen LogP contribution in [0.5, 0.6) is 0 Å². The maximum atomic E-state index is 9.90. The van der Waals surface area contributed by atoms with E-state index in [0.29, 0.717) is 19.8 Å². The van der Waals surface area contributed by atoms with Gasteiger partial charge < -0.3 is 15.2 Å². The molecule has 4 heteroatoms. The van der Waals surface area contributed by atoms with Crippen molar-refractivity contribution in [1.29, 1.82) is 0 Å². The molecule has 4 unspecified atom stereocenters. The number of aliphatic hydroxyl groups is 1. The molecule has 2 bridgehead atoms. The van der Waals surface area contributed by atoms with Crippen LogP contribution in [0.4, 0.5) is 0 Å². The number of hydrogen-bond acceptors (Lipinski definition) is 4. The first-order chi connectivity index (χ1) is 9.81. The summed E-state index contributed by atoms with van der Waals surface area (Å²) in [6.45, 7) is 2.75. The molecule has 0 amide bonds. The van der Waals surface area contributed by atoms with Gasteiger partial charge in [0.05, 0.1) is 19.3 Å². The van der Waals surface area contributed by atoms with Gasteiger partial charge >= 0.3 is 0 Å².